The fourth-order valence-corrected chi connectivity index (χ4v) is 1.66. The smallest absolute Gasteiger partial charge is 0.379 e. The summed E-state index contributed by atoms with van der Waals surface area (Å²) in [7, 11) is 0. The van der Waals surface area contributed by atoms with Crippen LogP contribution < -0.4 is 0 Å². The third kappa shape index (κ3) is 3.31. The third-order valence-corrected chi connectivity index (χ3v) is 2.53. The third-order valence-electron chi connectivity index (χ3n) is 2.53. The highest BCUT2D eigenvalue weighted by Gasteiger charge is 2.39. The van der Waals surface area contributed by atoms with Gasteiger partial charge in [0.25, 0.3) is 0 Å². The van der Waals surface area contributed by atoms with E-state index in [4.69, 9.17) is 5.11 Å². The maximum Gasteiger partial charge on any atom is 0.418 e. The van der Waals surface area contributed by atoms with Crippen LogP contribution in [0, 0.1) is 5.82 Å². The quantitative estimate of drug-likeness (QED) is 0.874. The van der Waals surface area contributed by atoms with E-state index in [0.29, 0.717) is 5.56 Å². The average Bonchev–Trinajstić information content (AvgIpc) is 2.75. The van der Waals surface area contributed by atoms with E-state index in [2.05, 4.69) is 4.98 Å². The molecule has 1 N–H and O–H groups in total. The molecule has 19 heavy (non-hydrogen) atoms. The minimum Gasteiger partial charge on any atom is -0.379 e. The monoisotopic (exact) mass is 274 g/mol. The van der Waals surface area contributed by atoms with Crippen LogP contribution in [0.4, 0.5) is 17.6 Å². The second-order valence-corrected chi connectivity index (χ2v) is 4.07. The number of aliphatic hydroxyl groups excluding tert-OH is 1. The van der Waals surface area contributed by atoms with Crippen LogP contribution in [-0.2, 0) is 6.54 Å². The van der Waals surface area contributed by atoms with Crippen molar-refractivity contribution in [2.24, 2.45) is 0 Å². The lowest BCUT2D eigenvalue weighted by Crippen LogP contribution is -2.19. The van der Waals surface area contributed by atoms with Gasteiger partial charge in [-0.2, -0.15) is 13.2 Å². The second kappa shape index (κ2) is 5.00. The minimum atomic E-state index is -4.70. The first-order chi connectivity index (χ1) is 8.86. The number of pyridine rings is 1. The molecule has 7 heteroatoms. The Hall–Kier alpha value is -1.89. The van der Waals surface area contributed by atoms with Gasteiger partial charge in [-0.05, 0) is 17.7 Å². The molecule has 2 heterocycles. The number of halogens is 4. The van der Waals surface area contributed by atoms with Crippen LogP contribution in [0.1, 0.15) is 17.2 Å². The molecule has 0 aliphatic carbocycles. The molecule has 0 aliphatic rings. The summed E-state index contributed by atoms with van der Waals surface area (Å²) in [4.78, 5) is 3.64. The molecule has 3 nitrogen and oxygen atoms in total. The highest BCUT2D eigenvalue weighted by Crippen LogP contribution is 2.32. The maximum atomic E-state index is 12.9. The van der Waals surface area contributed by atoms with Crippen LogP contribution in [0.2, 0.25) is 0 Å². The van der Waals surface area contributed by atoms with E-state index < -0.39 is 18.1 Å². The normalized spacial score (nSPS) is 13.5. The molecule has 2 aromatic heterocycles. The van der Waals surface area contributed by atoms with Crippen LogP contribution in [0.25, 0.3) is 0 Å². The van der Waals surface area contributed by atoms with Crippen molar-refractivity contribution in [2.75, 3.05) is 0 Å². The Bertz CT molecular complexity index is 565. The van der Waals surface area contributed by atoms with Crippen LogP contribution >= 0.6 is 0 Å². The maximum absolute atomic E-state index is 12.9. The minimum absolute atomic E-state index is 0.176. The molecule has 0 radical (unpaired) electrons. The van der Waals surface area contributed by atoms with Gasteiger partial charge >= 0.3 is 6.18 Å². The summed E-state index contributed by atoms with van der Waals surface area (Å²) in [5.74, 6) is -0.514. The number of aromatic nitrogens is 2. The van der Waals surface area contributed by atoms with E-state index in [-0.39, 0.29) is 12.1 Å². The Morgan fingerprint density at radius 1 is 1.32 bits per heavy atom. The number of rotatable bonds is 3. The first-order valence-corrected chi connectivity index (χ1v) is 5.36. The van der Waals surface area contributed by atoms with Gasteiger partial charge in [-0.25, -0.2) is 4.39 Å². The topological polar surface area (TPSA) is 38.0 Å². The van der Waals surface area contributed by atoms with Crippen molar-refractivity contribution in [1.29, 1.82) is 0 Å². The van der Waals surface area contributed by atoms with Gasteiger partial charge in [-0.15, -0.1) is 0 Å². The summed E-state index contributed by atoms with van der Waals surface area (Å²) < 4.78 is 51.2. The summed E-state index contributed by atoms with van der Waals surface area (Å²) in [5.41, 5.74) is 0.264. The van der Waals surface area contributed by atoms with Gasteiger partial charge in [0.2, 0.25) is 0 Å². The van der Waals surface area contributed by atoms with E-state index in [1.165, 1.54) is 35.3 Å². The highest BCUT2D eigenvalue weighted by atomic mass is 19.4. The number of hydrogen-bond acceptors (Lipinski definition) is 2. The van der Waals surface area contributed by atoms with Gasteiger partial charge in [0, 0.05) is 30.7 Å². The first kappa shape index (κ1) is 13.5. The van der Waals surface area contributed by atoms with Gasteiger partial charge in [-0.3, -0.25) is 4.98 Å². The Balaban J connectivity index is 2.14. The molecule has 2 aromatic rings. The lowest BCUT2D eigenvalue weighted by atomic mass is 10.2. The molecule has 0 aromatic carbocycles. The average molecular weight is 274 g/mol. The molecule has 0 aliphatic heterocycles. The van der Waals surface area contributed by atoms with E-state index in [0.717, 1.165) is 6.20 Å². The zero-order valence-electron chi connectivity index (χ0n) is 9.60. The van der Waals surface area contributed by atoms with E-state index >= 15 is 0 Å². The van der Waals surface area contributed by atoms with E-state index in [1.54, 1.807) is 0 Å². The molecule has 1 atom stereocenters. The Morgan fingerprint density at radius 2 is 2.05 bits per heavy atom. The lowest BCUT2D eigenvalue weighted by Gasteiger charge is -2.12. The van der Waals surface area contributed by atoms with Gasteiger partial charge in [-0.1, -0.05) is 0 Å². The largest absolute Gasteiger partial charge is 0.418 e. The molecule has 102 valence electrons. The van der Waals surface area contributed by atoms with Crippen molar-refractivity contribution >= 4 is 0 Å². The van der Waals surface area contributed by atoms with E-state index in [9.17, 15) is 17.6 Å². The van der Waals surface area contributed by atoms with E-state index in [1.807, 2.05) is 0 Å². The SMILES string of the molecule is OC(c1ccn(Cc2cncc(F)c2)c1)C(F)(F)F. The van der Waals surface area contributed by atoms with Crippen LogP contribution in [0.3, 0.4) is 0 Å². The highest BCUT2D eigenvalue weighted by molar-refractivity contribution is 5.18. The summed E-state index contributed by atoms with van der Waals surface area (Å²) in [6.45, 7) is 0.176. The number of nitrogens with zero attached hydrogens (tertiary/aromatic N) is 2. The molecule has 0 spiro atoms. The van der Waals surface area contributed by atoms with Gasteiger partial charge in [0.15, 0.2) is 6.10 Å². The summed E-state index contributed by atoms with van der Waals surface area (Å²) in [5, 5.41) is 9.07. The summed E-state index contributed by atoms with van der Waals surface area (Å²) >= 11 is 0. The fraction of sp³-hybridized carbons (Fsp3) is 0.250. The number of alkyl halides is 3. The second-order valence-electron chi connectivity index (χ2n) is 4.07. The van der Waals surface area contributed by atoms with Crippen molar-refractivity contribution in [3.05, 3.63) is 53.9 Å². The predicted molar refractivity (Wildman–Crippen MR) is 58.7 cm³/mol. The van der Waals surface area contributed by atoms with Gasteiger partial charge in [0.1, 0.15) is 5.82 Å². The summed E-state index contributed by atoms with van der Waals surface area (Å²) in [6.07, 6.45) is -2.20. The van der Waals surface area contributed by atoms with Gasteiger partial charge < -0.3 is 9.67 Å². The fourth-order valence-electron chi connectivity index (χ4n) is 1.66. The van der Waals surface area contributed by atoms with Crippen molar-refractivity contribution in [1.82, 2.24) is 9.55 Å². The number of aliphatic hydroxyl groups is 1. The van der Waals surface area contributed by atoms with Crippen LogP contribution in [-0.4, -0.2) is 20.8 Å². The first-order valence-electron chi connectivity index (χ1n) is 5.36. The zero-order valence-corrected chi connectivity index (χ0v) is 9.60. The lowest BCUT2D eigenvalue weighted by molar-refractivity contribution is -0.206. The molecular formula is C12H10F4N2O. The van der Waals surface area contributed by atoms with Crippen LogP contribution in [0.15, 0.2) is 36.9 Å². The Kier molecular flexibility index (Phi) is 3.57. The zero-order chi connectivity index (χ0) is 14.0. The molecule has 1 unspecified atom stereocenters. The molecule has 0 saturated carbocycles. The van der Waals surface area contributed by atoms with Crippen LogP contribution in [0.5, 0.6) is 0 Å². The molecule has 0 amide bonds. The number of hydrogen-bond donors (Lipinski definition) is 1. The Labute approximate surface area is 106 Å². The van der Waals surface area contributed by atoms with Crippen molar-refractivity contribution < 1.29 is 22.7 Å². The van der Waals surface area contributed by atoms with Crippen molar-refractivity contribution in [3.8, 4) is 0 Å². The molecule has 2 rings (SSSR count). The molecule has 0 fully saturated rings. The van der Waals surface area contributed by atoms with Crippen molar-refractivity contribution in [3.63, 3.8) is 0 Å². The standard InChI is InChI=1S/C12H10F4N2O/c13-10-3-8(4-17-5-10)6-18-2-1-9(7-18)11(19)12(14,15)16/h1-5,7,11,19H,6H2. The summed E-state index contributed by atoms with van der Waals surface area (Å²) in [6, 6.07) is 2.41. The molecule has 0 bridgehead atoms. The molecular weight excluding hydrogens is 264 g/mol. The Morgan fingerprint density at radius 3 is 2.68 bits per heavy atom. The van der Waals surface area contributed by atoms with Gasteiger partial charge in [0.05, 0.1) is 6.20 Å². The molecule has 0 saturated heterocycles. The van der Waals surface area contributed by atoms with Crippen molar-refractivity contribution in [2.45, 2.75) is 18.8 Å². The predicted octanol–water partition coefficient (Wildman–Crippen LogP) is 2.67.